The molecular weight excluding hydrogens is 346 g/mol. The van der Waals surface area contributed by atoms with Crippen LogP contribution in [0.25, 0.3) is 10.9 Å². The Bertz CT molecular complexity index is 945. The Morgan fingerprint density at radius 3 is 2.48 bits per heavy atom. The first-order valence-electron chi connectivity index (χ1n) is 8.40. The second kappa shape index (κ2) is 8.27. The highest BCUT2D eigenvalue weighted by Gasteiger charge is 2.14. The lowest BCUT2D eigenvalue weighted by atomic mass is 10.1. The summed E-state index contributed by atoms with van der Waals surface area (Å²) in [4.78, 5) is 16.8. The summed E-state index contributed by atoms with van der Waals surface area (Å²) in [5.41, 5.74) is 6.89. The van der Waals surface area contributed by atoms with Gasteiger partial charge < -0.3 is 25.3 Å². The van der Waals surface area contributed by atoms with E-state index in [1.54, 1.807) is 32.4 Å². The molecule has 3 aromatic rings. The monoisotopic (exact) mass is 367 g/mol. The van der Waals surface area contributed by atoms with E-state index in [-0.39, 0.29) is 11.7 Å². The molecule has 27 heavy (non-hydrogen) atoms. The zero-order valence-electron chi connectivity index (χ0n) is 15.2. The molecule has 0 aliphatic rings. The number of pyridine rings is 1. The number of benzene rings is 2. The molecule has 0 bridgehead atoms. The maximum atomic E-state index is 12.5. The molecule has 2 aromatic carbocycles. The SMILES string of the molecule is COc1cc2cc(C(=O)NCCOc3ccccc3)c(N)nc2cc1OC. The minimum atomic E-state index is -0.312. The fourth-order valence-corrected chi connectivity index (χ4v) is 2.64. The van der Waals surface area contributed by atoms with E-state index in [1.165, 1.54) is 0 Å². The standard InChI is InChI=1S/C20H21N3O4/c1-25-17-11-13-10-15(19(21)23-16(13)12-18(17)26-2)20(24)22-8-9-27-14-6-4-3-5-7-14/h3-7,10-12H,8-9H2,1-2H3,(H2,21,23)(H,22,24). The van der Waals surface area contributed by atoms with Crippen LogP contribution in [0.5, 0.6) is 17.2 Å². The number of rotatable bonds is 7. The van der Waals surface area contributed by atoms with Gasteiger partial charge in [-0.15, -0.1) is 0 Å². The van der Waals surface area contributed by atoms with Crippen molar-refractivity contribution in [3.05, 3.63) is 54.1 Å². The van der Waals surface area contributed by atoms with Crippen LogP contribution >= 0.6 is 0 Å². The van der Waals surface area contributed by atoms with E-state index in [1.807, 2.05) is 30.3 Å². The van der Waals surface area contributed by atoms with Gasteiger partial charge >= 0.3 is 0 Å². The molecule has 3 N–H and O–H groups in total. The Morgan fingerprint density at radius 2 is 1.78 bits per heavy atom. The van der Waals surface area contributed by atoms with Crippen LogP contribution in [0, 0.1) is 0 Å². The number of methoxy groups -OCH3 is 2. The zero-order chi connectivity index (χ0) is 19.2. The van der Waals surface area contributed by atoms with Gasteiger partial charge in [-0.25, -0.2) is 4.98 Å². The van der Waals surface area contributed by atoms with Crippen LogP contribution < -0.4 is 25.3 Å². The van der Waals surface area contributed by atoms with E-state index in [9.17, 15) is 4.79 Å². The number of carbonyl (C=O) groups is 1. The Balaban J connectivity index is 1.71. The fourth-order valence-electron chi connectivity index (χ4n) is 2.64. The Hall–Kier alpha value is -3.48. The first-order valence-corrected chi connectivity index (χ1v) is 8.40. The van der Waals surface area contributed by atoms with Crippen molar-refractivity contribution in [3.63, 3.8) is 0 Å². The summed E-state index contributed by atoms with van der Waals surface area (Å²) in [5.74, 6) is 1.69. The van der Waals surface area contributed by atoms with Crippen molar-refractivity contribution in [2.75, 3.05) is 33.1 Å². The summed E-state index contributed by atoms with van der Waals surface area (Å²) in [6.45, 7) is 0.693. The number of anilines is 1. The number of aromatic nitrogens is 1. The highest BCUT2D eigenvalue weighted by Crippen LogP contribution is 2.32. The molecule has 0 atom stereocenters. The molecule has 3 rings (SSSR count). The van der Waals surface area contributed by atoms with Crippen LogP contribution in [0.1, 0.15) is 10.4 Å². The predicted octanol–water partition coefficient (Wildman–Crippen LogP) is 2.64. The summed E-state index contributed by atoms with van der Waals surface area (Å²) in [7, 11) is 3.10. The molecular formula is C20H21N3O4. The van der Waals surface area contributed by atoms with E-state index in [0.29, 0.717) is 35.7 Å². The average molecular weight is 367 g/mol. The Labute approximate surface area is 157 Å². The van der Waals surface area contributed by atoms with Gasteiger partial charge in [0, 0.05) is 11.5 Å². The molecule has 0 saturated heterocycles. The van der Waals surface area contributed by atoms with Gasteiger partial charge in [0.1, 0.15) is 18.2 Å². The van der Waals surface area contributed by atoms with E-state index >= 15 is 0 Å². The molecule has 0 aliphatic carbocycles. The van der Waals surface area contributed by atoms with Crippen molar-refractivity contribution in [1.82, 2.24) is 10.3 Å². The Kier molecular flexibility index (Phi) is 5.61. The molecule has 1 aromatic heterocycles. The number of carbonyl (C=O) groups excluding carboxylic acids is 1. The molecule has 0 spiro atoms. The van der Waals surface area contributed by atoms with Crippen LogP contribution in [-0.2, 0) is 0 Å². The number of nitrogens with one attached hydrogen (secondary N) is 1. The molecule has 0 fully saturated rings. The first kappa shape index (κ1) is 18.3. The number of nitrogen functional groups attached to an aromatic ring is 1. The maximum Gasteiger partial charge on any atom is 0.255 e. The van der Waals surface area contributed by atoms with Gasteiger partial charge in [0.2, 0.25) is 0 Å². The van der Waals surface area contributed by atoms with E-state index in [2.05, 4.69) is 10.3 Å². The topological polar surface area (TPSA) is 95.7 Å². The first-order chi connectivity index (χ1) is 13.1. The number of hydrogen-bond donors (Lipinski definition) is 2. The number of nitrogens with zero attached hydrogens (tertiary/aromatic N) is 1. The van der Waals surface area contributed by atoms with Gasteiger partial charge in [-0.1, -0.05) is 18.2 Å². The number of para-hydroxylation sites is 1. The second-order valence-corrected chi connectivity index (χ2v) is 5.74. The average Bonchev–Trinajstić information content (AvgIpc) is 2.70. The number of ether oxygens (including phenoxy) is 3. The second-order valence-electron chi connectivity index (χ2n) is 5.74. The van der Waals surface area contributed by atoms with E-state index < -0.39 is 0 Å². The van der Waals surface area contributed by atoms with Crippen molar-refractivity contribution < 1.29 is 19.0 Å². The van der Waals surface area contributed by atoms with Gasteiger partial charge in [-0.05, 0) is 24.3 Å². The van der Waals surface area contributed by atoms with Crippen LogP contribution in [0.4, 0.5) is 5.82 Å². The van der Waals surface area contributed by atoms with Crippen molar-refractivity contribution in [2.24, 2.45) is 0 Å². The zero-order valence-corrected chi connectivity index (χ0v) is 15.2. The van der Waals surface area contributed by atoms with Crippen LogP contribution in [0.15, 0.2) is 48.5 Å². The summed E-state index contributed by atoms with van der Waals surface area (Å²) >= 11 is 0. The van der Waals surface area contributed by atoms with Gasteiger partial charge in [0.15, 0.2) is 11.5 Å². The van der Waals surface area contributed by atoms with Crippen molar-refractivity contribution in [3.8, 4) is 17.2 Å². The van der Waals surface area contributed by atoms with Crippen LogP contribution in [-0.4, -0.2) is 38.3 Å². The predicted molar refractivity (Wildman–Crippen MR) is 104 cm³/mol. The summed E-state index contributed by atoms with van der Waals surface area (Å²) in [6.07, 6.45) is 0. The van der Waals surface area contributed by atoms with Gasteiger partial charge in [0.25, 0.3) is 5.91 Å². The molecule has 1 amide bonds. The van der Waals surface area contributed by atoms with Crippen molar-refractivity contribution in [2.45, 2.75) is 0 Å². The molecule has 140 valence electrons. The molecule has 7 heteroatoms. The third-order valence-corrected chi connectivity index (χ3v) is 3.99. The van der Waals surface area contributed by atoms with Gasteiger partial charge in [-0.2, -0.15) is 0 Å². The quantitative estimate of drug-likeness (QED) is 0.623. The third-order valence-electron chi connectivity index (χ3n) is 3.99. The molecule has 0 saturated carbocycles. The van der Waals surface area contributed by atoms with Gasteiger partial charge in [0.05, 0.1) is 31.8 Å². The van der Waals surface area contributed by atoms with E-state index in [0.717, 1.165) is 11.1 Å². The molecule has 1 heterocycles. The minimum Gasteiger partial charge on any atom is -0.493 e. The van der Waals surface area contributed by atoms with Gasteiger partial charge in [-0.3, -0.25) is 4.79 Å². The number of nitrogens with two attached hydrogens (primary N) is 1. The number of hydrogen-bond acceptors (Lipinski definition) is 6. The highest BCUT2D eigenvalue weighted by atomic mass is 16.5. The lowest BCUT2D eigenvalue weighted by Gasteiger charge is -2.12. The lowest BCUT2D eigenvalue weighted by molar-refractivity contribution is 0.0947. The van der Waals surface area contributed by atoms with Crippen LogP contribution in [0.3, 0.4) is 0 Å². The molecule has 0 aliphatic heterocycles. The number of amides is 1. The summed E-state index contributed by atoms with van der Waals surface area (Å²) < 4.78 is 16.1. The highest BCUT2D eigenvalue weighted by molar-refractivity contribution is 6.02. The summed E-state index contributed by atoms with van der Waals surface area (Å²) in [6, 6.07) is 14.6. The minimum absolute atomic E-state index is 0.149. The molecule has 0 unspecified atom stereocenters. The maximum absolute atomic E-state index is 12.5. The third kappa shape index (κ3) is 4.20. The van der Waals surface area contributed by atoms with E-state index in [4.69, 9.17) is 19.9 Å². The fraction of sp³-hybridized carbons (Fsp3) is 0.200. The van der Waals surface area contributed by atoms with Crippen molar-refractivity contribution in [1.29, 1.82) is 0 Å². The smallest absolute Gasteiger partial charge is 0.255 e. The lowest BCUT2D eigenvalue weighted by Crippen LogP contribution is -2.29. The van der Waals surface area contributed by atoms with Crippen LogP contribution in [0.2, 0.25) is 0 Å². The molecule has 7 nitrogen and oxygen atoms in total. The normalized spacial score (nSPS) is 10.4. The van der Waals surface area contributed by atoms with Crippen molar-refractivity contribution >= 4 is 22.6 Å². The molecule has 0 radical (unpaired) electrons. The Morgan fingerprint density at radius 1 is 1.07 bits per heavy atom. The number of fused-ring (bicyclic) bond motifs is 1. The largest absolute Gasteiger partial charge is 0.493 e. The summed E-state index contributed by atoms with van der Waals surface area (Å²) in [5, 5.41) is 3.52.